The summed E-state index contributed by atoms with van der Waals surface area (Å²) in [7, 11) is -3.01. The number of hydrogen-bond acceptors (Lipinski definition) is 5. The van der Waals surface area contributed by atoms with Crippen LogP contribution in [0.1, 0.15) is 19.7 Å². The topological polar surface area (TPSA) is 87.7 Å². The molecule has 0 aliphatic heterocycles. The number of H-pyrrole nitrogens is 1. The molecule has 1 aromatic heterocycles. The van der Waals surface area contributed by atoms with E-state index >= 15 is 0 Å². The lowest BCUT2D eigenvalue weighted by molar-refractivity contribution is 0.593. The number of nitrogens with one attached hydrogen (secondary N) is 2. The predicted molar refractivity (Wildman–Crippen MR) is 84.0 cm³/mol. The number of nitrogens with zero attached hydrogens (tertiary/aromatic N) is 2. The van der Waals surface area contributed by atoms with Crippen molar-refractivity contribution in [1.82, 2.24) is 15.2 Å². The van der Waals surface area contributed by atoms with Crippen molar-refractivity contribution in [1.29, 1.82) is 0 Å². The van der Waals surface area contributed by atoms with Crippen molar-refractivity contribution in [2.75, 3.05) is 16.8 Å². The molecule has 114 valence electrons. The molecule has 0 aliphatic rings. The lowest BCUT2D eigenvalue weighted by atomic mass is 10.1. The molecule has 0 saturated heterocycles. The van der Waals surface area contributed by atoms with Crippen LogP contribution in [0.2, 0.25) is 0 Å². The zero-order chi connectivity index (χ0) is 15.5. The molecule has 0 spiro atoms. The van der Waals surface area contributed by atoms with Crippen LogP contribution in [0.3, 0.4) is 0 Å². The zero-order valence-electron chi connectivity index (χ0n) is 12.4. The second kappa shape index (κ2) is 6.26. The lowest BCUT2D eigenvalue weighted by Gasteiger charge is -2.17. The summed E-state index contributed by atoms with van der Waals surface area (Å²) in [6, 6.07) is 7.42. The van der Waals surface area contributed by atoms with Crippen molar-refractivity contribution >= 4 is 15.5 Å². The Morgan fingerprint density at radius 2 is 2.05 bits per heavy atom. The molecular formula is C14H20N4O2S. The second-order valence-electron chi connectivity index (χ2n) is 5.03. The van der Waals surface area contributed by atoms with E-state index in [0.717, 1.165) is 17.1 Å². The minimum absolute atomic E-state index is 0.102. The maximum atomic E-state index is 11.7. The first-order valence-electron chi connectivity index (χ1n) is 6.86. The minimum Gasteiger partial charge on any atom is -0.381 e. The van der Waals surface area contributed by atoms with Crippen LogP contribution in [0.15, 0.2) is 24.3 Å². The molecule has 1 atom stereocenters. The fourth-order valence-corrected chi connectivity index (χ4v) is 3.15. The van der Waals surface area contributed by atoms with Gasteiger partial charge in [0.15, 0.2) is 15.7 Å². The molecule has 0 fully saturated rings. The molecule has 0 aliphatic carbocycles. The molecule has 0 radical (unpaired) electrons. The lowest BCUT2D eigenvalue weighted by Crippen LogP contribution is -2.26. The van der Waals surface area contributed by atoms with E-state index in [9.17, 15) is 8.42 Å². The molecule has 0 saturated carbocycles. The van der Waals surface area contributed by atoms with Crippen LogP contribution in [0.5, 0.6) is 0 Å². The quantitative estimate of drug-likeness (QED) is 0.852. The van der Waals surface area contributed by atoms with Gasteiger partial charge in [0.1, 0.15) is 5.82 Å². The van der Waals surface area contributed by atoms with Crippen LogP contribution in [0.25, 0.3) is 11.4 Å². The van der Waals surface area contributed by atoms with Gasteiger partial charge < -0.3 is 5.32 Å². The molecule has 0 amide bonds. The largest absolute Gasteiger partial charge is 0.381 e. The van der Waals surface area contributed by atoms with Crippen molar-refractivity contribution in [3.8, 4) is 11.4 Å². The van der Waals surface area contributed by atoms with Gasteiger partial charge in [0.25, 0.3) is 0 Å². The van der Waals surface area contributed by atoms with Gasteiger partial charge in [-0.05, 0) is 26.0 Å². The molecule has 2 rings (SSSR count). The third kappa shape index (κ3) is 4.04. The molecule has 2 aromatic rings. The highest BCUT2D eigenvalue weighted by Crippen LogP contribution is 2.25. The smallest absolute Gasteiger partial charge is 0.183 e. The average molecular weight is 308 g/mol. The standard InChI is InChI=1S/C14H20N4O2S/c1-4-21(19,20)9-10(2)15-13-8-6-5-7-12(13)14-16-11(3)17-18-14/h5-8,10,15H,4,9H2,1-3H3,(H,16,17,18). The van der Waals surface area contributed by atoms with E-state index in [4.69, 9.17) is 0 Å². The molecule has 1 aromatic carbocycles. The van der Waals surface area contributed by atoms with Crippen LogP contribution in [-0.2, 0) is 9.84 Å². The van der Waals surface area contributed by atoms with E-state index in [1.54, 1.807) is 6.92 Å². The maximum absolute atomic E-state index is 11.7. The van der Waals surface area contributed by atoms with E-state index in [1.165, 1.54) is 0 Å². The van der Waals surface area contributed by atoms with Gasteiger partial charge in [0.05, 0.1) is 5.75 Å². The number of anilines is 1. The van der Waals surface area contributed by atoms with E-state index in [2.05, 4.69) is 20.5 Å². The van der Waals surface area contributed by atoms with Crippen LogP contribution >= 0.6 is 0 Å². The highest BCUT2D eigenvalue weighted by molar-refractivity contribution is 7.91. The first kappa shape index (κ1) is 15.5. The average Bonchev–Trinajstić information content (AvgIpc) is 2.85. The summed E-state index contributed by atoms with van der Waals surface area (Å²) in [4.78, 5) is 4.31. The summed E-state index contributed by atoms with van der Waals surface area (Å²) in [5, 5.41) is 10.2. The van der Waals surface area contributed by atoms with Gasteiger partial charge in [0.2, 0.25) is 0 Å². The van der Waals surface area contributed by atoms with Gasteiger partial charge in [-0.1, -0.05) is 19.1 Å². The SMILES string of the molecule is CCS(=O)(=O)CC(C)Nc1ccccc1-c1n[nH]c(C)n1. The molecule has 2 N–H and O–H groups in total. The number of aromatic amines is 1. The minimum atomic E-state index is -3.01. The number of sulfone groups is 1. The van der Waals surface area contributed by atoms with Crippen molar-refractivity contribution in [2.45, 2.75) is 26.8 Å². The van der Waals surface area contributed by atoms with Crippen molar-refractivity contribution < 1.29 is 8.42 Å². The summed E-state index contributed by atoms with van der Waals surface area (Å²) in [6.45, 7) is 5.35. The van der Waals surface area contributed by atoms with Crippen molar-refractivity contribution in [3.05, 3.63) is 30.1 Å². The Kier molecular flexibility index (Phi) is 4.62. The third-order valence-corrected chi connectivity index (χ3v) is 5.00. The Hall–Kier alpha value is -1.89. The predicted octanol–water partition coefficient (Wildman–Crippen LogP) is 2.02. The number of benzene rings is 1. The molecule has 6 nitrogen and oxygen atoms in total. The first-order valence-corrected chi connectivity index (χ1v) is 8.69. The normalized spacial score (nSPS) is 13.1. The molecule has 21 heavy (non-hydrogen) atoms. The van der Waals surface area contributed by atoms with Gasteiger partial charge in [-0.2, -0.15) is 5.10 Å². The zero-order valence-corrected chi connectivity index (χ0v) is 13.2. The molecule has 0 bridgehead atoms. The van der Waals surface area contributed by atoms with E-state index in [-0.39, 0.29) is 17.5 Å². The van der Waals surface area contributed by atoms with E-state index < -0.39 is 9.84 Å². The second-order valence-corrected chi connectivity index (χ2v) is 7.43. The number of aryl methyl sites for hydroxylation is 1. The van der Waals surface area contributed by atoms with E-state index in [1.807, 2.05) is 38.1 Å². The number of hydrogen-bond donors (Lipinski definition) is 2. The third-order valence-electron chi connectivity index (χ3n) is 3.11. The van der Waals surface area contributed by atoms with Gasteiger partial charge in [0, 0.05) is 23.0 Å². The number of rotatable bonds is 6. The Balaban J connectivity index is 2.21. The maximum Gasteiger partial charge on any atom is 0.183 e. The molecule has 1 heterocycles. The number of aromatic nitrogens is 3. The first-order chi connectivity index (χ1) is 9.91. The number of para-hydroxylation sites is 1. The van der Waals surface area contributed by atoms with Crippen LogP contribution < -0.4 is 5.32 Å². The Bertz CT molecular complexity index is 709. The molecule has 7 heteroatoms. The van der Waals surface area contributed by atoms with Gasteiger partial charge in [-0.15, -0.1) is 0 Å². The summed E-state index contributed by atoms with van der Waals surface area (Å²) in [5.41, 5.74) is 1.68. The Morgan fingerprint density at radius 3 is 2.67 bits per heavy atom. The summed E-state index contributed by atoms with van der Waals surface area (Å²) < 4.78 is 23.4. The summed E-state index contributed by atoms with van der Waals surface area (Å²) in [6.07, 6.45) is 0. The highest BCUT2D eigenvalue weighted by Gasteiger charge is 2.16. The van der Waals surface area contributed by atoms with Gasteiger partial charge in [-0.25, -0.2) is 13.4 Å². The molecular weight excluding hydrogens is 288 g/mol. The van der Waals surface area contributed by atoms with Gasteiger partial charge in [-0.3, -0.25) is 5.10 Å². The highest BCUT2D eigenvalue weighted by atomic mass is 32.2. The fraction of sp³-hybridized carbons (Fsp3) is 0.429. The summed E-state index contributed by atoms with van der Waals surface area (Å²) in [5.74, 6) is 1.59. The van der Waals surface area contributed by atoms with Crippen LogP contribution in [-0.4, -0.2) is 41.1 Å². The monoisotopic (exact) mass is 308 g/mol. The van der Waals surface area contributed by atoms with E-state index in [0.29, 0.717) is 5.82 Å². The van der Waals surface area contributed by atoms with Crippen molar-refractivity contribution in [3.63, 3.8) is 0 Å². The van der Waals surface area contributed by atoms with Crippen LogP contribution in [0, 0.1) is 6.92 Å². The Morgan fingerprint density at radius 1 is 1.33 bits per heavy atom. The van der Waals surface area contributed by atoms with Crippen LogP contribution in [0.4, 0.5) is 5.69 Å². The van der Waals surface area contributed by atoms with Crippen molar-refractivity contribution in [2.24, 2.45) is 0 Å². The Labute approximate surface area is 124 Å². The van der Waals surface area contributed by atoms with Gasteiger partial charge >= 0.3 is 0 Å². The fourth-order valence-electron chi connectivity index (χ4n) is 2.07. The summed E-state index contributed by atoms with van der Waals surface area (Å²) >= 11 is 0. The molecule has 1 unspecified atom stereocenters.